The molecule has 0 aliphatic heterocycles. The maximum atomic E-state index is 13.1. The number of aryl methyl sites for hydroxylation is 1. The van der Waals surface area contributed by atoms with Crippen LogP contribution >= 0.6 is 7.82 Å². The van der Waals surface area contributed by atoms with Crippen LogP contribution in [0.3, 0.4) is 0 Å². The molecule has 4 nitrogen and oxygen atoms in total. The van der Waals surface area contributed by atoms with E-state index < -0.39 is 7.82 Å². The molecule has 0 N–H and O–H groups in total. The molecule has 0 bridgehead atoms. The zero-order chi connectivity index (χ0) is 16.7. The summed E-state index contributed by atoms with van der Waals surface area (Å²) in [5.41, 5.74) is 1.94. The van der Waals surface area contributed by atoms with Gasteiger partial charge in [-0.05, 0) is 56.4 Å². The number of unbranched alkanes of at least 4 members (excludes halogenated alkanes) is 1. The van der Waals surface area contributed by atoms with Crippen LogP contribution in [0.2, 0.25) is 0 Å². The second kappa shape index (κ2) is 8.37. The summed E-state index contributed by atoms with van der Waals surface area (Å²) in [6.45, 7) is 6.27. The highest BCUT2D eigenvalue weighted by Gasteiger charge is 2.32. The summed E-state index contributed by atoms with van der Waals surface area (Å²) < 4.78 is 30.0. The maximum absolute atomic E-state index is 13.1. The van der Waals surface area contributed by atoms with Crippen LogP contribution in [0.25, 0.3) is 0 Å². The summed E-state index contributed by atoms with van der Waals surface area (Å²) in [6, 6.07) is 7.41. The van der Waals surface area contributed by atoms with E-state index in [1.807, 2.05) is 51.1 Å². The molecule has 23 heavy (non-hydrogen) atoms. The molecule has 0 spiro atoms. The smallest absolute Gasteiger partial charge is 0.395 e. The molecule has 2 rings (SSSR count). The SMILES string of the molecule is CCCCOP(=O)(OC1=C(C)CCC=C1)Oc1ccccc1C. The van der Waals surface area contributed by atoms with Gasteiger partial charge in [0.2, 0.25) is 0 Å². The first kappa shape index (κ1) is 17.8. The Morgan fingerprint density at radius 3 is 2.65 bits per heavy atom. The summed E-state index contributed by atoms with van der Waals surface area (Å²) in [4.78, 5) is 0. The molecule has 126 valence electrons. The van der Waals surface area contributed by atoms with Gasteiger partial charge in [0, 0.05) is 0 Å². The highest BCUT2D eigenvalue weighted by atomic mass is 31.2. The molecule has 1 aliphatic rings. The van der Waals surface area contributed by atoms with Gasteiger partial charge in [-0.15, -0.1) is 0 Å². The Morgan fingerprint density at radius 2 is 1.96 bits per heavy atom. The van der Waals surface area contributed by atoms with E-state index >= 15 is 0 Å². The summed E-state index contributed by atoms with van der Waals surface area (Å²) in [5, 5.41) is 0. The Bertz CT molecular complexity index is 634. The van der Waals surface area contributed by atoms with Gasteiger partial charge in [0.25, 0.3) is 0 Å². The number of rotatable bonds is 8. The molecule has 1 aromatic carbocycles. The van der Waals surface area contributed by atoms with Crippen molar-refractivity contribution in [1.29, 1.82) is 0 Å². The summed E-state index contributed by atoms with van der Waals surface area (Å²) >= 11 is 0. The molecule has 0 radical (unpaired) electrons. The molecule has 0 fully saturated rings. The minimum absolute atomic E-state index is 0.343. The zero-order valence-corrected chi connectivity index (χ0v) is 15.0. The predicted molar refractivity (Wildman–Crippen MR) is 92.4 cm³/mol. The lowest BCUT2D eigenvalue weighted by Gasteiger charge is -2.22. The van der Waals surface area contributed by atoms with Gasteiger partial charge < -0.3 is 9.05 Å². The van der Waals surface area contributed by atoms with Crippen LogP contribution in [0.15, 0.2) is 47.7 Å². The monoisotopic (exact) mass is 336 g/mol. The van der Waals surface area contributed by atoms with E-state index in [2.05, 4.69) is 0 Å². The van der Waals surface area contributed by atoms with E-state index in [0.717, 1.165) is 36.8 Å². The molecule has 0 aromatic heterocycles. The van der Waals surface area contributed by atoms with Gasteiger partial charge in [-0.2, -0.15) is 0 Å². The number of hydrogen-bond acceptors (Lipinski definition) is 4. The molecule has 5 heteroatoms. The summed E-state index contributed by atoms with van der Waals surface area (Å²) in [6.07, 6.45) is 7.47. The van der Waals surface area contributed by atoms with E-state index in [0.29, 0.717) is 18.1 Å². The Hall–Kier alpha value is -1.51. The fourth-order valence-electron chi connectivity index (χ4n) is 2.16. The van der Waals surface area contributed by atoms with E-state index in [1.165, 1.54) is 0 Å². The quantitative estimate of drug-likeness (QED) is 0.435. The van der Waals surface area contributed by atoms with Crippen molar-refractivity contribution in [3.05, 3.63) is 53.3 Å². The Balaban J connectivity index is 2.19. The molecule has 1 aromatic rings. The fraction of sp³-hybridized carbons (Fsp3) is 0.444. The Morgan fingerprint density at radius 1 is 1.17 bits per heavy atom. The van der Waals surface area contributed by atoms with Gasteiger partial charge in [-0.1, -0.05) is 37.6 Å². The molecular weight excluding hydrogens is 311 g/mol. The lowest BCUT2D eigenvalue weighted by molar-refractivity contribution is 0.183. The third kappa shape index (κ3) is 5.26. The van der Waals surface area contributed by atoms with Crippen LogP contribution < -0.4 is 4.52 Å². The van der Waals surface area contributed by atoms with Crippen LogP contribution in [0.5, 0.6) is 5.75 Å². The van der Waals surface area contributed by atoms with E-state index in [4.69, 9.17) is 13.6 Å². The predicted octanol–water partition coefficient (Wildman–Crippen LogP) is 5.94. The second-order valence-electron chi connectivity index (χ2n) is 5.67. The minimum atomic E-state index is -3.71. The van der Waals surface area contributed by atoms with Crippen molar-refractivity contribution in [1.82, 2.24) is 0 Å². The van der Waals surface area contributed by atoms with Gasteiger partial charge in [0.1, 0.15) is 11.5 Å². The molecule has 0 saturated heterocycles. The molecular formula is C18H25O4P. The van der Waals surface area contributed by atoms with Crippen LogP contribution in [0.1, 0.15) is 45.1 Å². The van der Waals surface area contributed by atoms with Crippen LogP contribution in [-0.4, -0.2) is 6.61 Å². The first-order valence-electron chi connectivity index (χ1n) is 8.10. The summed E-state index contributed by atoms with van der Waals surface area (Å²) in [7, 11) is -3.71. The normalized spacial score (nSPS) is 17.0. The second-order valence-corrected chi connectivity index (χ2v) is 7.19. The largest absolute Gasteiger partial charge is 0.587 e. The van der Waals surface area contributed by atoms with E-state index in [-0.39, 0.29) is 0 Å². The molecule has 1 atom stereocenters. The van der Waals surface area contributed by atoms with Crippen molar-refractivity contribution in [3.8, 4) is 5.75 Å². The average molecular weight is 336 g/mol. The lowest BCUT2D eigenvalue weighted by atomic mass is 10.1. The molecule has 1 unspecified atom stereocenters. The van der Waals surface area contributed by atoms with Crippen molar-refractivity contribution in [2.45, 2.75) is 46.5 Å². The number of hydrogen-bond donors (Lipinski definition) is 0. The first-order valence-corrected chi connectivity index (χ1v) is 9.56. The average Bonchev–Trinajstić information content (AvgIpc) is 2.52. The number of benzene rings is 1. The third-order valence-corrected chi connectivity index (χ3v) is 4.98. The van der Waals surface area contributed by atoms with Gasteiger partial charge in [-0.25, -0.2) is 4.57 Å². The Labute approximate surface area is 138 Å². The van der Waals surface area contributed by atoms with Crippen molar-refractivity contribution in [2.75, 3.05) is 6.61 Å². The number of phosphoric ester groups is 1. The highest BCUT2D eigenvalue weighted by Crippen LogP contribution is 2.53. The minimum Gasteiger partial charge on any atom is -0.395 e. The van der Waals surface area contributed by atoms with E-state index in [1.54, 1.807) is 6.07 Å². The van der Waals surface area contributed by atoms with Gasteiger partial charge >= 0.3 is 7.82 Å². The topological polar surface area (TPSA) is 44.8 Å². The zero-order valence-electron chi connectivity index (χ0n) is 14.1. The maximum Gasteiger partial charge on any atom is 0.587 e. The van der Waals surface area contributed by atoms with Crippen molar-refractivity contribution in [3.63, 3.8) is 0 Å². The van der Waals surface area contributed by atoms with Crippen molar-refractivity contribution < 1.29 is 18.1 Å². The third-order valence-electron chi connectivity index (χ3n) is 3.64. The number of allylic oxidation sites excluding steroid dienone is 3. The number of phosphoric acid groups is 1. The molecule has 0 saturated carbocycles. The first-order chi connectivity index (χ1) is 11.0. The van der Waals surface area contributed by atoms with Crippen LogP contribution in [0.4, 0.5) is 0 Å². The highest BCUT2D eigenvalue weighted by molar-refractivity contribution is 7.49. The standard InChI is InChI=1S/C18H25O4P/c1-4-5-14-20-23(19,21-17-12-8-6-10-15(17)2)22-18-13-9-7-11-16(18)3/h6,8-10,12-13H,4-5,7,11,14H2,1-3H3. The van der Waals surface area contributed by atoms with Crippen LogP contribution in [-0.2, 0) is 13.6 Å². The van der Waals surface area contributed by atoms with E-state index in [9.17, 15) is 4.57 Å². The molecule has 1 aliphatic carbocycles. The van der Waals surface area contributed by atoms with Gasteiger partial charge in [0.05, 0.1) is 6.61 Å². The fourth-order valence-corrected chi connectivity index (χ4v) is 3.55. The molecule has 0 amide bonds. The lowest BCUT2D eigenvalue weighted by Crippen LogP contribution is -2.06. The summed E-state index contributed by atoms with van der Waals surface area (Å²) in [5.74, 6) is 1.11. The van der Waals surface area contributed by atoms with Gasteiger partial charge in [-0.3, -0.25) is 4.52 Å². The number of para-hydroxylation sites is 1. The van der Waals surface area contributed by atoms with Gasteiger partial charge in [0.15, 0.2) is 0 Å². The van der Waals surface area contributed by atoms with Crippen LogP contribution in [0, 0.1) is 6.92 Å². The van der Waals surface area contributed by atoms with Crippen molar-refractivity contribution in [2.24, 2.45) is 0 Å². The molecule has 0 heterocycles. The Kier molecular flexibility index (Phi) is 6.49. The van der Waals surface area contributed by atoms with Crippen molar-refractivity contribution >= 4 is 7.82 Å².